The highest BCUT2D eigenvalue weighted by Gasteiger charge is 2.45. The van der Waals surface area contributed by atoms with Crippen LogP contribution in [-0.4, -0.2) is 59.2 Å². The van der Waals surface area contributed by atoms with Crippen LogP contribution >= 0.6 is 12.2 Å². The van der Waals surface area contributed by atoms with Crippen LogP contribution in [0.25, 0.3) is 0 Å². The molecule has 0 amide bonds. The molecule has 1 saturated heterocycles. The number of hydrogen-bond acceptors (Lipinski definition) is 8. The molecule has 1 aromatic carbocycles. The van der Waals surface area contributed by atoms with Crippen LogP contribution in [0.3, 0.4) is 0 Å². The van der Waals surface area contributed by atoms with E-state index in [4.69, 9.17) is 31.2 Å². The molecule has 1 heterocycles. The van der Waals surface area contributed by atoms with Crippen molar-refractivity contribution in [2.45, 2.75) is 51.1 Å². The zero-order chi connectivity index (χ0) is 19.3. The second-order valence-electron chi connectivity index (χ2n) is 5.87. The van der Waals surface area contributed by atoms with Gasteiger partial charge in [-0.05, 0) is 36.8 Å². The van der Waals surface area contributed by atoms with Gasteiger partial charge in [0.15, 0.2) is 6.10 Å². The number of rotatable bonds is 5. The van der Waals surface area contributed by atoms with Gasteiger partial charge in [-0.2, -0.15) is 0 Å². The number of aliphatic hydroxyl groups excluding tert-OH is 2. The number of carbonyl (C=O) groups is 1. The quantitative estimate of drug-likeness (QED) is 0.493. The second kappa shape index (κ2) is 9.13. The predicted octanol–water partition coefficient (Wildman–Crippen LogP) is 0.485. The Morgan fingerprint density at radius 3 is 2.50 bits per heavy atom. The van der Waals surface area contributed by atoms with Crippen LogP contribution in [0, 0.1) is 0 Å². The van der Waals surface area contributed by atoms with Crippen molar-refractivity contribution in [3.8, 4) is 5.75 Å². The van der Waals surface area contributed by atoms with E-state index in [0.717, 1.165) is 5.56 Å². The summed E-state index contributed by atoms with van der Waals surface area (Å²) in [6.07, 6.45) is -5.36. The first-order valence-corrected chi connectivity index (χ1v) is 8.49. The molecule has 5 atom stereocenters. The molecule has 0 aromatic heterocycles. The molecule has 26 heavy (non-hydrogen) atoms. The summed E-state index contributed by atoms with van der Waals surface area (Å²) in [7, 11) is 1.49. The Labute approximate surface area is 157 Å². The number of carbonyl (C=O) groups excluding carboxylic acids is 1. The van der Waals surface area contributed by atoms with Crippen molar-refractivity contribution in [3.05, 3.63) is 29.8 Å². The number of methoxy groups -OCH3 is 1. The maximum absolute atomic E-state index is 11.1. The van der Waals surface area contributed by atoms with E-state index in [1.165, 1.54) is 14.0 Å². The third-order valence-electron chi connectivity index (χ3n) is 3.88. The largest absolute Gasteiger partial charge is 0.474 e. The number of benzene rings is 1. The van der Waals surface area contributed by atoms with Crippen molar-refractivity contribution in [2.75, 3.05) is 7.11 Å². The van der Waals surface area contributed by atoms with E-state index in [1.807, 2.05) is 12.1 Å². The van der Waals surface area contributed by atoms with Crippen LogP contribution < -0.4 is 10.1 Å². The fourth-order valence-corrected chi connectivity index (χ4v) is 2.60. The Morgan fingerprint density at radius 2 is 1.92 bits per heavy atom. The van der Waals surface area contributed by atoms with Gasteiger partial charge in [0.25, 0.3) is 5.17 Å². The SMILES string of the molecule is COC(=S)NCc1ccc(O[C@@H]2O[C@@H](C)[C@H](OC(C)=O)[C@@H](O)[C@H]2O)cc1. The van der Waals surface area contributed by atoms with Gasteiger partial charge >= 0.3 is 5.97 Å². The summed E-state index contributed by atoms with van der Waals surface area (Å²) in [5, 5.41) is 23.6. The van der Waals surface area contributed by atoms with Crippen LogP contribution in [-0.2, 0) is 25.5 Å². The lowest BCUT2D eigenvalue weighted by Crippen LogP contribution is -2.59. The fraction of sp³-hybridized carbons (Fsp3) is 0.529. The molecule has 144 valence electrons. The van der Waals surface area contributed by atoms with Gasteiger partial charge in [0, 0.05) is 13.5 Å². The highest BCUT2D eigenvalue weighted by Crippen LogP contribution is 2.26. The molecule has 0 unspecified atom stereocenters. The maximum Gasteiger partial charge on any atom is 0.303 e. The maximum atomic E-state index is 11.1. The Bertz CT molecular complexity index is 624. The molecular weight excluding hydrogens is 362 g/mol. The zero-order valence-electron chi connectivity index (χ0n) is 14.7. The Kier molecular flexibility index (Phi) is 7.15. The molecule has 8 nitrogen and oxygen atoms in total. The molecule has 1 aromatic rings. The first-order chi connectivity index (χ1) is 12.3. The number of aliphatic hydroxyl groups is 2. The molecule has 0 radical (unpaired) electrons. The Morgan fingerprint density at radius 1 is 1.27 bits per heavy atom. The van der Waals surface area contributed by atoms with Gasteiger partial charge in [-0.25, -0.2) is 0 Å². The number of nitrogens with one attached hydrogen (secondary N) is 1. The van der Waals surface area contributed by atoms with Gasteiger partial charge in [0.1, 0.15) is 18.0 Å². The smallest absolute Gasteiger partial charge is 0.303 e. The lowest BCUT2D eigenvalue weighted by atomic mass is 9.99. The minimum Gasteiger partial charge on any atom is -0.474 e. The highest BCUT2D eigenvalue weighted by molar-refractivity contribution is 7.80. The first kappa shape index (κ1) is 20.4. The third-order valence-corrected chi connectivity index (χ3v) is 4.19. The van der Waals surface area contributed by atoms with Gasteiger partial charge in [-0.1, -0.05) is 12.1 Å². The molecule has 1 fully saturated rings. The van der Waals surface area contributed by atoms with E-state index in [1.54, 1.807) is 19.1 Å². The van der Waals surface area contributed by atoms with Gasteiger partial charge in [-0.3, -0.25) is 4.79 Å². The van der Waals surface area contributed by atoms with Crippen molar-refractivity contribution in [1.29, 1.82) is 0 Å². The molecule has 0 saturated carbocycles. The van der Waals surface area contributed by atoms with Crippen molar-refractivity contribution < 1.29 is 34.0 Å². The summed E-state index contributed by atoms with van der Waals surface area (Å²) in [4.78, 5) is 11.1. The topological polar surface area (TPSA) is 106 Å². The number of ether oxygens (including phenoxy) is 4. The van der Waals surface area contributed by atoms with Crippen LogP contribution in [0.2, 0.25) is 0 Å². The van der Waals surface area contributed by atoms with E-state index in [9.17, 15) is 15.0 Å². The molecular formula is C17H23NO7S. The van der Waals surface area contributed by atoms with Crippen molar-refractivity contribution >= 4 is 23.4 Å². The summed E-state index contributed by atoms with van der Waals surface area (Å²) in [6, 6.07) is 7.05. The summed E-state index contributed by atoms with van der Waals surface area (Å²) >= 11 is 4.90. The lowest BCUT2D eigenvalue weighted by Gasteiger charge is -2.40. The lowest BCUT2D eigenvalue weighted by molar-refractivity contribution is -0.272. The van der Waals surface area contributed by atoms with Crippen LogP contribution in [0.4, 0.5) is 0 Å². The first-order valence-electron chi connectivity index (χ1n) is 8.08. The fourth-order valence-electron chi connectivity index (χ4n) is 2.52. The van der Waals surface area contributed by atoms with Gasteiger partial charge in [0.05, 0.1) is 13.2 Å². The zero-order valence-corrected chi connectivity index (χ0v) is 15.6. The van der Waals surface area contributed by atoms with E-state index >= 15 is 0 Å². The average Bonchev–Trinajstić information content (AvgIpc) is 2.62. The summed E-state index contributed by atoms with van der Waals surface area (Å²) < 4.78 is 21.0. The van der Waals surface area contributed by atoms with Gasteiger partial charge in [0.2, 0.25) is 6.29 Å². The molecule has 0 spiro atoms. The van der Waals surface area contributed by atoms with E-state index in [2.05, 4.69) is 5.32 Å². The molecule has 0 aliphatic carbocycles. The van der Waals surface area contributed by atoms with E-state index in [0.29, 0.717) is 17.5 Å². The van der Waals surface area contributed by atoms with E-state index < -0.39 is 36.7 Å². The second-order valence-corrected chi connectivity index (χ2v) is 6.24. The summed E-state index contributed by atoms with van der Waals surface area (Å²) in [6.45, 7) is 3.35. The number of hydrogen-bond donors (Lipinski definition) is 3. The minimum absolute atomic E-state index is 0.300. The third kappa shape index (κ3) is 5.28. The molecule has 9 heteroatoms. The highest BCUT2D eigenvalue weighted by atomic mass is 32.1. The minimum atomic E-state index is -1.36. The van der Waals surface area contributed by atoms with Crippen LogP contribution in [0.15, 0.2) is 24.3 Å². The van der Waals surface area contributed by atoms with Crippen LogP contribution in [0.5, 0.6) is 5.75 Å². The van der Waals surface area contributed by atoms with Gasteiger partial charge < -0.3 is 34.5 Å². The van der Waals surface area contributed by atoms with Crippen molar-refractivity contribution in [2.24, 2.45) is 0 Å². The normalized spacial score (nSPS) is 28.1. The average molecular weight is 385 g/mol. The summed E-state index contributed by atoms with van der Waals surface area (Å²) in [5.74, 6) is -0.106. The summed E-state index contributed by atoms with van der Waals surface area (Å²) in [5.41, 5.74) is 0.949. The molecule has 1 aliphatic heterocycles. The monoisotopic (exact) mass is 385 g/mol. The predicted molar refractivity (Wildman–Crippen MR) is 95.4 cm³/mol. The molecule has 0 bridgehead atoms. The molecule has 3 N–H and O–H groups in total. The van der Waals surface area contributed by atoms with Gasteiger partial charge in [-0.15, -0.1) is 0 Å². The Hall–Kier alpha value is -1.94. The van der Waals surface area contributed by atoms with Crippen molar-refractivity contribution in [1.82, 2.24) is 5.32 Å². The number of esters is 1. The standard InChI is InChI=1S/C17H23NO7S/c1-9-15(24-10(2)19)13(20)14(21)16(23-9)25-12-6-4-11(5-7-12)8-18-17(26)22-3/h4-7,9,13-16,20-21H,8H2,1-3H3,(H,18,26)/t9-,13-,14+,15-,16-/m0/s1. The Balaban J connectivity index is 1.95. The number of thiocarbonyl (C=S) groups is 1. The van der Waals surface area contributed by atoms with Crippen molar-refractivity contribution in [3.63, 3.8) is 0 Å². The van der Waals surface area contributed by atoms with E-state index in [-0.39, 0.29) is 0 Å². The molecule has 2 rings (SSSR count). The van der Waals surface area contributed by atoms with Crippen LogP contribution in [0.1, 0.15) is 19.4 Å². The molecule has 1 aliphatic rings.